The fraction of sp³-hybridized carbons (Fsp3) is 0.894. The Labute approximate surface area is 379 Å². The van der Waals surface area contributed by atoms with Crippen LogP contribution >= 0.6 is 0 Å². The predicted octanol–water partition coefficient (Wildman–Crippen LogP) is 0.802. The van der Waals surface area contributed by atoms with Crippen LogP contribution in [0.2, 0.25) is 0 Å². The number of carbonyl (C=O) groups is 3. The highest BCUT2D eigenvalue weighted by molar-refractivity contribution is 5.81. The quantitative estimate of drug-likeness (QED) is 0.0385. The summed E-state index contributed by atoms with van der Waals surface area (Å²) >= 11 is 0. The van der Waals surface area contributed by atoms with Crippen molar-refractivity contribution in [3.63, 3.8) is 0 Å². The second kappa shape index (κ2) is 23.6. The number of ether oxygens (including phenoxy) is 3. The van der Waals surface area contributed by atoms with E-state index in [1.807, 2.05) is 0 Å². The maximum atomic E-state index is 12.9. The standard InChI is InChI=1S/C47H81N3O14/c1-26(2)7-6-8-27(3)31-11-12-32-30-10-9-28-23-29(15-17-46(28,4)33(30)16-18-47(31,32)5)62-37(55)14-13-36(54)49-21-19-48-20-22-50-44(61)41(59)40(58)43(34(53)24-51)64-45-42(60)39(57)38(56)35(25-52)63-45/h9,26-27,29-35,38-43,45,48,51-53,56-60H,6-8,10-25H2,1-5H3,(H,49,54)(H,50,61)/t27-,29?,30+,31-,32+,33+,34?,35?,38-,39-,40?,41?,42?,43?,45-,46+,47-/m0/s1. The molecule has 17 heteroatoms. The summed E-state index contributed by atoms with van der Waals surface area (Å²) in [4.78, 5) is 38.0. The van der Waals surface area contributed by atoms with E-state index in [1.54, 1.807) is 0 Å². The first-order valence-corrected chi connectivity index (χ1v) is 24.1. The van der Waals surface area contributed by atoms with Gasteiger partial charge in [-0.2, -0.15) is 0 Å². The van der Waals surface area contributed by atoms with Gasteiger partial charge in [0.05, 0.1) is 19.6 Å². The van der Waals surface area contributed by atoms with Crippen LogP contribution in [-0.2, 0) is 28.6 Å². The molecule has 0 aromatic rings. The average molecular weight is 912 g/mol. The Morgan fingerprint density at radius 2 is 1.58 bits per heavy atom. The molecule has 4 fully saturated rings. The molecule has 7 unspecified atom stereocenters. The molecular formula is C47H81N3O14. The van der Waals surface area contributed by atoms with Crippen LogP contribution in [0.5, 0.6) is 0 Å². The summed E-state index contributed by atoms with van der Waals surface area (Å²) in [6.07, 6.45) is -1.30. The molecular weight excluding hydrogens is 831 g/mol. The normalized spacial score (nSPS) is 36.1. The topological polar surface area (TPSA) is 277 Å². The molecule has 0 aromatic carbocycles. The Morgan fingerprint density at radius 1 is 0.859 bits per heavy atom. The maximum absolute atomic E-state index is 12.9. The lowest BCUT2D eigenvalue weighted by Crippen LogP contribution is -2.62. The smallest absolute Gasteiger partial charge is 0.306 e. The van der Waals surface area contributed by atoms with Gasteiger partial charge in [-0.15, -0.1) is 0 Å². The summed E-state index contributed by atoms with van der Waals surface area (Å²) in [5, 5.41) is 88.6. The fourth-order valence-corrected chi connectivity index (χ4v) is 12.3. The SMILES string of the molecule is CC(C)CCC[C@H](C)[C@@H]1CC[C@@H]2[C@H]3CC=C4CC(OC(=O)CCC(=O)NCCNCCNC(=O)C(O)C(O)C(O[C@@H]5OC(CO)[C@H](O)[C@H](O)C5O)C(O)CO)CC[C@@]4(C)[C@@H]3CC[C@]21C. The lowest BCUT2D eigenvalue weighted by Gasteiger charge is -2.58. The summed E-state index contributed by atoms with van der Waals surface area (Å²) in [5.41, 5.74) is 2.06. The molecule has 0 radical (unpaired) electrons. The van der Waals surface area contributed by atoms with E-state index < -0.39 is 74.2 Å². The number of amides is 2. The molecule has 0 bridgehead atoms. The molecule has 2 amide bonds. The van der Waals surface area contributed by atoms with Crippen molar-refractivity contribution >= 4 is 17.8 Å². The van der Waals surface area contributed by atoms with Crippen molar-refractivity contribution in [3.05, 3.63) is 11.6 Å². The number of esters is 1. The van der Waals surface area contributed by atoms with Crippen LogP contribution in [0.25, 0.3) is 0 Å². The minimum absolute atomic E-state index is 0.00441. The van der Waals surface area contributed by atoms with Crippen LogP contribution in [0.4, 0.5) is 0 Å². The van der Waals surface area contributed by atoms with Crippen molar-refractivity contribution in [2.45, 2.75) is 179 Å². The maximum Gasteiger partial charge on any atom is 0.306 e. The van der Waals surface area contributed by atoms with E-state index >= 15 is 0 Å². The molecule has 1 saturated heterocycles. The number of aliphatic hydroxyl groups excluding tert-OH is 8. The van der Waals surface area contributed by atoms with Gasteiger partial charge in [-0.05, 0) is 91.3 Å². The van der Waals surface area contributed by atoms with E-state index in [0.29, 0.717) is 17.9 Å². The molecule has 4 aliphatic carbocycles. The first kappa shape index (κ1) is 52.7. The molecule has 11 N–H and O–H groups in total. The third-order valence-corrected chi connectivity index (χ3v) is 16.0. The molecule has 1 heterocycles. The zero-order chi connectivity index (χ0) is 46.9. The molecule has 5 rings (SSSR count). The average Bonchev–Trinajstić information content (AvgIpc) is 3.63. The van der Waals surface area contributed by atoms with E-state index in [-0.39, 0.29) is 55.9 Å². The molecule has 1 aliphatic heterocycles. The van der Waals surface area contributed by atoms with E-state index in [1.165, 1.54) is 50.5 Å². The number of carbonyl (C=O) groups excluding carboxylic acids is 3. The van der Waals surface area contributed by atoms with Crippen LogP contribution < -0.4 is 16.0 Å². The van der Waals surface area contributed by atoms with Gasteiger partial charge in [-0.25, -0.2) is 0 Å². The fourth-order valence-electron chi connectivity index (χ4n) is 12.3. The number of allylic oxidation sites excluding steroid dienone is 1. The van der Waals surface area contributed by atoms with Gasteiger partial charge in [-0.3, -0.25) is 14.4 Å². The molecule has 17 nitrogen and oxygen atoms in total. The Morgan fingerprint density at radius 3 is 2.27 bits per heavy atom. The van der Waals surface area contributed by atoms with Crippen molar-refractivity contribution in [1.82, 2.24) is 16.0 Å². The predicted molar refractivity (Wildman–Crippen MR) is 235 cm³/mol. The van der Waals surface area contributed by atoms with Crippen LogP contribution in [0.1, 0.15) is 118 Å². The highest BCUT2D eigenvalue weighted by atomic mass is 16.7. The zero-order valence-corrected chi connectivity index (χ0v) is 38.8. The minimum Gasteiger partial charge on any atom is -0.462 e. The highest BCUT2D eigenvalue weighted by Gasteiger charge is 2.59. The number of hydrogen-bond acceptors (Lipinski definition) is 15. The first-order valence-electron chi connectivity index (χ1n) is 24.1. The van der Waals surface area contributed by atoms with E-state index in [9.17, 15) is 55.2 Å². The Hall–Kier alpha value is -2.29. The number of rotatable bonds is 23. The molecule has 64 heavy (non-hydrogen) atoms. The second-order valence-corrected chi connectivity index (χ2v) is 20.5. The van der Waals surface area contributed by atoms with Crippen molar-refractivity contribution in [3.8, 4) is 0 Å². The number of aliphatic hydroxyl groups is 8. The van der Waals surface area contributed by atoms with Crippen molar-refractivity contribution in [1.29, 1.82) is 0 Å². The van der Waals surface area contributed by atoms with Crippen LogP contribution in [0, 0.1) is 46.3 Å². The first-order chi connectivity index (χ1) is 30.4. The molecule has 3 saturated carbocycles. The lowest BCUT2D eigenvalue weighted by molar-refractivity contribution is -0.326. The summed E-state index contributed by atoms with van der Waals surface area (Å²) in [6.45, 7) is 11.3. The molecule has 368 valence electrons. The van der Waals surface area contributed by atoms with Gasteiger partial charge in [0.25, 0.3) is 5.91 Å². The third-order valence-electron chi connectivity index (χ3n) is 16.0. The highest BCUT2D eigenvalue weighted by Crippen LogP contribution is 2.67. The number of nitrogens with one attached hydrogen (secondary N) is 3. The van der Waals surface area contributed by atoms with Crippen LogP contribution in [-0.4, -0.2) is 159 Å². The molecule has 0 aromatic heterocycles. The van der Waals surface area contributed by atoms with Gasteiger partial charge < -0.3 is 71.0 Å². The summed E-state index contributed by atoms with van der Waals surface area (Å²) in [7, 11) is 0. The molecule has 17 atom stereocenters. The summed E-state index contributed by atoms with van der Waals surface area (Å²) < 4.78 is 16.5. The van der Waals surface area contributed by atoms with E-state index in [2.05, 4.69) is 56.6 Å². The summed E-state index contributed by atoms with van der Waals surface area (Å²) in [5.74, 6) is 2.89. The van der Waals surface area contributed by atoms with E-state index in [0.717, 1.165) is 55.3 Å². The Bertz CT molecular complexity index is 1550. The van der Waals surface area contributed by atoms with Gasteiger partial charge >= 0.3 is 5.97 Å². The molecule has 5 aliphatic rings. The monoisotopic (exact) mass is 912 g/mol. The van der Waals surface area contributed by atoms with Crippen LogP contribution in [0.15, 0.2) is 11.6 Å². The molecule has 0 spiro atoms. The van der Waals surface area contributed by atoms with Gasteiger partial charge in [0.1, 0.15) is 48.8 Å². The zero-order valence-electron chi connectivity index (χ0n) is 38.8. The Balaban J connectivity index is 0.958. The second-order valence-electron chi connectivity index (χ2n) is 20.5. The minimum atomic E-state index is -2.18. The third kappa shape index (κ3) is 12.4. The number of hydrogen-bond donors (Lipinski definition) is 11. The van der Waals surface area contributed by atoms with Crippen LogP contribution in [0.3, 0.4) is 0 Å². The van der Waals surface area contributed by atoms with Crippen molar-refractivity contribution < 1.29 is 69.4 Å². The van der Waals surface area contributed by atoms with Crippen molar-refractivity contribution in [2.75, 3.05) is 39.4 Å². The van der Waals surface area contributed by atoms with Gasteiger partial charge in [0.15, 0.2) is 12.4 Å². The Kier molecular flexibility index (Phi) is 19.4. The van der Waals surface area contributed by atoms with Gasteiger partial charge in [-0.1, -0.05) is 65.5 Å². The largest absolute Gasteiger partial charge is 0.462 e. The van der Waals surface area contributed by atoms with Gasteiger partial charge in [0.2, 0.25) is 5.91 Å². The van der Waals surface area contributed by atoms with Crippen molar-refractivity contribution in [2.24, 2.45) is 46.3 Å². The summed E-state index contributed by atoms with van der Waals surface area (Å²) in [6, 6.07) is 0. The van der Waals surface area contributed by atoms with E-state index in [4.69, 9.17) is 14.2 Å². The number of fused-ring (bicyclic) bond motifs is 5. The lowest BCUT2D eigenvalue weighted by atomic mass is 9.47. The van der Waals surface area contributed by atoms with Gasteiger partial charge in [0, 0.05) is 39.0 Å².